The van der Waals surface area contributed by atoms with Gasteiger partial charge >= 0.3 is 0 Å². The molecule has 0 aromatic heterocycles. The van der Waals surface area contributed by atoms with Crippen molar-refractivity contribution in [2.24, 2.45) is 5.73 Å². The van der Waals surface area contributed by atoms with E-state index in [2.05, 4.69) is 12.2 Å². The quantitative estimate of drug-likeness (QED) is 0.727. The highest BCUT2D eigenvalue weighted by atomic mass is 16.5. The van der Waals surface area contributed by atoms with Crippen molar-refractivity contribution in [3.05, 3.63) is 29.8 Å². The lowest BCUT2D eigenvalue weighted by atomic mass is 10.1. The third-order valence-electron chi connectivity index (χ3n) is 2.80. The molecule has 1 atom stereocenters. The lowest BCUT2D eigenvalue weighted by Crippen LogP contribution is -2.35. The second-order valence-electron chi connectivity index (χ2n) is 4.28. The lowest BCUT2D eigenvalue weighted by molar-refractivity contribution is -0.117. The number of amides is 1. The van der Waals surface area contributed by atoms with Gasteiger partial charge in [0.05, 0.1) is 6.04 Å². The molecule has 0 heterocycles. The van der Waals surface area contributed by atoms with Crippen LogP contribution in [0.4, 0.5) is 5.69 Å². The van der Waals surface area contributed by atoms with E-state index in [-0.39, 0.29) is 5.91 Å². The lowest BCUT2D eigenvalue weighted by Gasteiger charge is -2.12. The number of benzene rings is 1. The molecule has 4 nitrogen and oxygen atoms in total. The van der Waals surface area contributed by atoms with E-state index in [0.29, 0.717) is 13.0 Å². The first-order valence-electron chi connectivity index (χ1n) is 6.31. The molecule has 0 bridgehead atoms. The van der Waals surface area contributed by atoms with E-state index in [9.17, 15) is 4.79 Å². The second kappa shape index (κ2) is 7.84. The minimum atomic E-state index is -0.481. The zero-order chi connectivity index (χ0) is 13.4. The molecule has 0 saturated carbocycles. The second-order valence-corrected chi connectivity index (χ2v) is 4.28. The highest BCUT2D eigenvalue weighted by molar-refractivity contribution is 5.94. The average molecular weight is 250 g/mol. The standard InChI is InChI=1S/C14H22N2O2/c1-3-11-6-4-7-12(10-11)16-14(17)13(15)8-5-9-18-2/h4,6-7,10,13H,3,5,8-9,15H2,1-2H3,(H,16,17). The highest BCUT2D eigenvalue weighted by Gasteiger charge is 2.13. The maximum Gasteiger partial charge on any atom is 0.241 e. The molecule has 0 fully saturated rings. The average Bonchev–Trinajstić information content (AvgIpc) is 2.39. The molecule has 18 heavy (non-hydrogen) atoms. The summed E-state index contributed by atoms with van der Waals surface area (Å²) < 4.78 is 4.93. The van der Waals surface area contributed by atoms with E-state index in [4.69, 9.17) is 10.5 Å². The number of aryl methyl sites for hydroxylation is 1. The summed E-state index contributed by atoms with van der Waals surface area (Å²) >= 11 is 0. The Labute approximate surface area is 109 Å². The van der Waals surface area contributed by atoms with Gasteiger partial charge in [-0.25, -0.2) is 0 Å². The Hall–Kier alpha value is -1.39. The maximum absolute atomic E-state index is 11.8. The topological polar surface area (TPSA) is 64.4 Å². The van der Waals surface area contributed by atoms with Crippen LogP contribution in [0.15, 0.2) is 24.3 Å². The Balaban J connectivity index is 2.47. The van der Waals surface area contributed by atoms with Crippen LogP contribution in [0.5, 0.6) is 0 Å². The molecule has 0 saturated heterocycles. The summed E-state index contributed by atoms with van der Waals surface area (Å²) in [5, 5.41) is 2.84. The van der Waals surface area contributed by atoms with Crippen LogP contribution >= 0.6 is 0 Å². The fourth-order valence-electron chi connectivity index (χ4n) is 1.68. The summed E-state index contributed by atoms with van der Waals surface area (Å²) in [7, 11) is 1.64. The van der Waals surface area contributed by atoms with Crippen LogP contribution in [-0.2, 0) is 16.0 Å². The summed E-state index contributed by atoms with van der Waals surface area (Å²) in [6.45, 7) is 2.71. The van der Waals surface area contributed by atoms with Gasteiger partial charge < -0.3 is 15.8 Å². The van der Waals surface area contributed by atoms with E-state index in [1.165, 1.54) is 5.56 Å². The fraction of sp³-hybridized carbons (Fsp3) is 0.500. The molecule has 0 radical (unpaired) electrons. The van der Waals surface area contributed by atoms with Gasteiger partial charge in [0, 0.05) is 19.4 Å². The number of hydrogen-bond donors (Lipinski definition) is 2. The summed E-state index contributed by atoms with van der Waals surface area (Å²) in [5.74, 6) is -0.139. The van der Waals surface area contributed by atoms with Gasteiger partial charge in [-0.3, -0.25) is 4.79 Å². The molecular formula is C14H22N2O2. The van der Waals surface area contributed by atoms with Gasteiger partial charge in [-0.1, -0.05) is 19.1 Å². The van der Waals surface area contributed by atoms with Gasteiger partial charge in [-0.15, -0.1) is 0 Å². The van der Waals surface area contributed by atoms with E-state index < -0.39 is 6.04 Å². The number of nitrogens with two attached hydrogens (primary N) is 1. The van der Waals surface area contributed by atoms with Gasteiger partial charge in [0.15, 0.2) is 0 Å². The molecule has 1 aromatic rings. The number of carbonyl (C=O) groups is 1. The number of hydrogen-bond acceptors (Lipinski definition) is 3. The SMILES string of the molecule is CCc1cccc(NC(=O)C(N)CCCOC)c1. The zero-order valence-corrected chi connectivity index (χ0v) is 11.1. The molecule has 3 N–H and O–H groups in total. The Morgan fingerprint density at radius 2 is 2.28 bits per heavy atom. The van der Waals surface area contributed by atoms with Crippen molar-refractivity contribution in [2.45, 2.75) is 32.2 Å². The molecule has 1 aromatic carbocycles. The van der Waals surface area contributed by atoms with Gasteiger partial charge in [0.1, 0.15) is 0 Å². The van der Waals surface area contributed by atoms with Crippen LogP contribution in [0.1, 0.15) is 25.3 Å². The van der Waals surface area contributed by atoms with Crippen molar-refractivity contribution in [2.75, 3.05) is 19.0 Å². The first kappa shape index (κ1) is 14.7. The summed E-state index contributed by atoms with van der Waals surface area (Å²) in [5.41, 5.74) is 7.81. The van der Waals surface area contributed by atoms with Crippen LogP contribution in [0.25, 0.3) is 0 Å². The molecule has 0 spiro atoms. The van der Waals surface area contributed by atoms with Crippen LogP contribution in [0, 0.1) is 0 Å². The van der Waals surface area contributed by atoms with Gasteiger partial charge in [-0.05, 0) is 37.0 Å². The highest BCUT2D eigenvalue weighted by Crippen LogP contribution is 2.11. The predicted molar refractivity (Wildman–Crippen MR) is 73.5 cm³/mol. The molecule has 0 aliphatic carbocycles. The molecule has 4 heteroatoms. The largest absolute Gasteiger partial charge is 0.385 e. The van der Waals surface area contributed by atoms with Gasteiger partial charge in [-0.2, -0.15) is 0 Å². The molecule has 1 rings (SSSR count). The first-order valence-corrected chi connectivity index (χ1v) is 6.31. The van der Waals surface area contributed by atoms with E-state index in [1.807, 2.05) is 24.3 Å². The smallest absolute Gasteiger partial charge is 0.241 e. The van der Waals surface area contributed by atoms with Gasteiger partial charge in [0.2, 0.25) is 5.91 Å². The van der Waals surface area contributed by atoms with Crippen molar-refractivity contribution in [1.29, 1.82) is 0 Å². The van der Waals surface area contributed by atoms with Crippen LogP contribution in [0.3, 0.4) is 0 Å². The summed E-state index contributed by atoms with van der Waals surface area (Å²) in [6, 6.07) is 7.34. The Kier molecular flexibility index (Phi) is 6.39. The van der Waals surface area contributed by atoms with E-state index >= 15 is 0 Å². The Morgan fingerprint density at radius 1 is 1.50 bits per heavy atom. The first-order chi connectivity index (χ1) is 8.67. The summed E-state index contributed by atoms with van der Waals surface area (Å²) in [6.07, 6.45) is 2.37. The number of anilines is 1. The van der Waals surface area contributed by atoms with E-state index in [0.717, 1.165) is 18.5 Å². The summed E-state index contributed by atoms with van der Waals surface area (Å²) in [4.78, 5) is 11.8. The Bertz CT molecular complexity index is 380. The minimum absolute atomic E-state index is 0.139. The van der Waals surface area contributed by atoms with Crippen LogP contribution in [-0.4, -0.2) is 25.7 Å². The number of rotatable bonds is 7. The normalized spacial score (nSPS) is 12.2. The van der Waals surface area contributed by atoms with Crippen LogP contribution in [0.2, 0.25) is 0 Å². The molecule has 100 valence electrons. The zero-order valence-electron chi connectivity index (χ0n) is 11.1. The van der Waals surface area contributed by atoms with Crippen molar-refractivity contribution >= 4 is 11.6 Å². The predicted octanol–water partition coefficient (Wildman–Crippen LogP) is 1.94. The third kappa shape index (κ3) is 4.85. The number of methoxy groups -OCH3 is 1. The van der Waals surface area contributed by atoms with Crippen molar-refractivity contribution in [3.8, 4) is 0 Å². The molecular weight excluding hydrogens is 228 g/mol. The number of nitrogens with one attached hydrogen (secondary N) is 1. The molecule has 0 aliphatic rings. The number of carbonyl (C=O) groups excluding carboxylic acids is 1. The van der Waals surface area contributed by atoms with Gasteiger partial charge in [0.25, 0.3) is 0 Å². The third-order valence-corrected chi connectivity index (χ3v) is 2.80. The van der Waals surface area contributed by atoms with Crippen molar-refractivity contribution in [1.82, 2.24) is 0 Å². The van der Waals surface area contributed by atoms with Crippen molar-refractivity contribution in [3.63, 3.8) is 0 Å². The minimum Gasteiger partial charge on any atom is -0.385 e. The van der Waals surface area contributed by atoms with Crippen LogP contribution < -0.4 is 11.1 Å². The van der Waals surface area contributed by atoms with E-state index in [1.54, 1.807) is 7.11 Å². The molecule has 1 amide bonds. The Morgan fingerprint density at radius 3 is 2.94 bits per heavy atom. The monoisotopic (exact) mass is 250 g/mol. The molecule has 0 aliphatic heterocycles. The number of ether oxygens (including phenoxy) is 1. The molecule has 1 unspecified atom stereocenters. The fourth-order valence-corrected chi connectivity index (χ4v) is 1.68. The van der Waals surface area contributed by atoms with Crippen molar-refractivity contribution < 1.29 is 9.53 Å². The maximum atomic E-state index is 11.8.